The second-order valence-electron chi connectivity index (χ2n) is 3.23. The van der Waals surface area contributed by atoms with E-state index in [4.69, 9.17) is 4.84 Å². The molecule has 14 heavy (non-hydrogen) atoms. The zero-order valence-electron chi connectivity index (χ0n) is 7.74. The zero-order valence-corrected chi connectivity index (χ0v) is 7.74. The van der Waals surface area contributed by atoms with Crippen molar-refractivity contribution in [3.63, 3.8) is 0 Å². The number of aromatic nitrogens is 2. The van der Waals surface area contributed by atoms with Crippen LogP contribution in [0.5, 0.6) is 0 Å². The summed E-state index contributed by atoms with van der Waals surface area (Å²) in [4.78, 5) is 29.8. The summed E-state index contributed by atoms with van der Waals surface area (Å²) in [6.07, 6.45) is 1.91. The van der Waals surface area contributed by atoms with E-state index in [1.54, 1.807) is 6.92 Å². The number of hydrogen-bond donors (Lipinski definition) is 2. The zero-order chi connectivity index (χ0) is 10.1. The summed E-state index contributed by atoms with van der Waals surface area (Å²) < 4.78 is 1.39. The molecule has 2 heterocycles. The lowest BCUT2D eigenvalue weighted by molar-refractivity contribution is -0.0121. The van der Waals surface area contributed by atoms with Crippen LogP contribution in [0.2, 0.25) is 0 Å². The molecule has 1 aliphatic rings. The van der Waals surface area contributed by atoms with Gasteiger partial charge in [0.1, 0.15) is 0 Å². The highest BCUT2D eigenvalue weighted by atomic mass is 16.7. The monoisotopic (exact) mass is 197 g/mol. The summed E-state index contributed by atoms with van der Waals surface area (Å²) in [7, 11) is 0. The number of aromatic amines is 1. The maximum Gasteiger partial charge on any atom is 0.330 e. The van der Waals surface area contributed by atoms with Crippen LogP contribution in [0.1, 0.15) is 18.2 Å². The van der Waals surface area contributed by atoms with Crippen molar-refractivity contribution in [2.45, 2.75) is 19.6 Å². The van der Waals surface area contributed by atoms with Crippen molar-refractivity contribution in [2.75, 3.05) is 6.54 Å². The van der Waals surface area contributed by atoms with Crippen LogP contribution < -0.4 is 16.7 Å². The molecule has 0 saturated carbocycles. The van der Waals surface area contributed by atoms with Gasteiger partial charge in [-0.05, 0) is 6.92 Å². The van der Waals surface area contributed by atoms with Crippen LogP contribution in [0.25, 0.3) is 0 Å². The maximum absolute atomic E-state index is 11.4. The van der Waals surface area contributed by atoms with Gasteiger partial charge in [-0.25, -0.2) is 4.79 Å². The van der Waals surface area contributed by atoms with Crippen molar-refractivity contribution >= 4 is 0 Å². The van der Waals surface area contributed by atoms with Crippen molar-refractivity contribution < 1.29 is 4.84 Å². The lowest BCUT2D eigenvalue weighted by atomic mass is 10.3. The number of H-pyrrole nitrogens is 1. The summed E-state index contributed by atoms with van der Waals surface area (Å²) in [5.41, 5.74) is 2.39. The molecule has 2 N–H and O–H groups in total. The van der Waals surface area contributed by atoms with E-state index >= 15 is 0 Å². The number of aryl methyl sites for hydroxylation is 1. The normalized spacial score (nSPS) is 21.4. The molecule has 1 aromatic rings. The third-order valence-corrected chi connectivity index (χ3v) is 2.17. The highest BCUT2D eigenvalue weighted by Crippen LogP contribution is 2.13. The number of nitrogens with zero attached hydrogens (tertiary/aromatic N) is 1. The van der Waals surface area contributed by atoms with Crippen LogP contribution >= 0.6 is 0 Å². The minimum atomic E-state index is -0.436. The Kier molecular flexibility index (Phi) is 2.22. The van der Waals surface area contributed by atoms with Crippen LogP contribution in [-0.4, -0.2) is 16.1 Å². The number of nitrogens with one attached hydrogen (secondary N) is 2. The van der Waals surface area contributed by atoms with Gasteiger partial charge < -0.3 is 0 Å². The highest BCUT2D eigenvalue weighted by Gasteiger charge is 2.18. The molecule has 0 aromatic carbocycles. The van der Waals surface area contributed by atoms with Crippen LogP contribution in [0.4, 0.5) is 0 Å². The van der Waals surface area contributed by atoms with Gasteiger partial charge in [0, 0.05) is 24.7 Å². The van der Waals surface area contributed by atoms with Gasteiger partial charge in [0.05, 0.1) is 0 Å². The molecular formula is C8H11N3O3. The van der Waals surface area contributed by atoms with Gasteiger partial charge in [-0.15, -0.1) is 0 Å². The fourth-order valence-electron chi connectivity index (χ4n) is 1.39. The van der Waals surface area contributed by atoms with E-state index in [1.165, 1.54) is 10.8 Å². The largest absolute Gasteiger partial charge is 0.330 e. The Morgan fingerprint density at radius 3 is 3.00 bits per heavy atom. The van der Waals surface area contributed by atoms with Gasteiger partial charge in [0.15, 0.2) is 6.23 Å². The molecule has 0 radical (unpaired) electrons. The lowest BCUT2D eigenvalue weighted by Gasteiger charge is -2.11. The topological polar surface area (TPSA) is 76.1 Å². The second-order valence-corrected chi connectivity index (χ2v) is 3.23. The van der Waals surface area contributed by atoms with Crippen molar-refractivity contribution in [1.29, 1.82) is 0 Å². The van der Waals surface area contributed by atoms with Gasteiger partial charge in [0.25, 0.3) is 5.56 Å². The minimum Gasteiger partial charge on any atom is -0.276 e. The van der Waals surface area contributed by atoms with Crippen molar-refractivity contribution in [3.05, 3.63) is 32.6 Å². The second kappa shape index (κ2) is 3.39. The van der Waals surface area contributed by atoms with Gasteiger partial charge >= 0.3 is 5.69 Å². The first-order chi connectivity index (χ1) is 6.68. The van der Waals surface area contributed by atoms with Crippen molar-refractivity contribution in [1.82, 2.24) is 15.0 Å². The SMILES string of the molecule is Cc1cn(C2CCNO2)c(=O)[nH]c1=O. The summed E-state index contributed by atoms with van der Waals surface area (Å²) in [5, 5.41) is 0. The van der Waals surface area contributed by atoms with Crippen molar-refractivity contribution in [3.8, 4) is 0 Å². The summed E-state index contributed by atoms with van der Waals surface area (Å²) >= 11 is 0. The van der Waals surface area contributed by atoms with Crippen LogP contribution in [-0.2, 0) is 4.84 Å². The Morgan fingerprint density at radius 1 is 1.57 bits per heavy atom. The Bertz CT molecular complexity index is 442. The summed E-state index contributed by atoms with van der Waals surface area (Å²) in [6, 6.07) is 0. The van der Waals surface area contributed by atoms with Crippen molar-refractivity contribution in [2.24, 2.45) is 0 Å². The van der Waals surface area contributed by atoms with Gasteiger partial charge in [-0.2, -0.15) is 5.48 Å². The summed E-state index contributed by atoms with van der Waals surface area (Å²) in [6.45, 7) is 2.35. The maximum atomic E-state index is 11.4. The molecule has 2 rings (SSSR count). The Hall–Kier alpha value is -1.40. The molecular weight excluding hydrogens is 186 g/mol. The first kappa shape index (κ1) is 9.17. The average molecular weight is 197 g/mol. The van der Waals surface area contributed by atoms with Crippen LogP contribution in [0.15, 0.2) is 15.8 Å². The molecule has 1 aliphatic heterocycles. The van der Waals surface area contributed by atoms with Gasteiger partial charge in [0.2, 0.25) is 0 Å². The van der Waals surface area contributed by atoms with E-state index in [1.807, 2.05) is 0 Å². The van der Waals surface area contributed by atoms with E-state index in [-0.39, 0.29) is 11.8 Å². The third kappa shape index (κ3) is 1.49. The summed E-state index contributed by atoms with van der Waals surface area (Å²) in [5.74, 6) is 0. The van der Waals surface area contributed by atoms with E-state index in [0.29, 0.717) is 18.5 Å². The molecule has 1 saturated heterocycles. The van der Waals surface area contributed by atoms with Crippen LogP contribution in [0, 0.1) is 6.92 Å². The first-order valence-electron chi connectivity index (χ1n) is 4.39. The Morgan fingerprint density at radius 2 is 2.36 bits per heavy atom. The molecule has 76 valence electrons. The van der Waals surface area contributed by atoms with E-state index in [9.17, 15) is 9.59 Å². The number of hydrogen-bond acceptors (Lipinski definition) is 4. The average Bonchev–Trinajstić information content (AvgIpc) is 2.64. The molecule has 1 aromatic heterocycles. The van der Waals surface area contributed by atoms with E-state index in [0.717, 1.165) is 0 Å². The molecule has 0 bridgehead atoms. The van der Waals surface area contributed by atoms with Gasteiger partial charge in [-0.3, -0.25) is 19.2 Å². The Labute approximate surface area is 79.5 Å². The fraction of sp³-hybridized carbons (Fsp3) is 0.500. The molecule has 1 atom stereocenters. The highest BCUT2D eigenvalue weighted by molar-refractivity contribution is 5.01. The van der Waals surface area contributed by atoms with E-state index in [2.05, 4.69) is 10.5 Å². The Balaban J connectivity index is 2.47. The minimum absolute atomic E-state index is 0.321. The predicted octanol–water partition coefficient (Wildman–Crippen LogP) is -0.731. The van der Waals surface area contributed by atoms with Crippen LogP contribution in [0.3, 0.4) is 0 Å². The molecule has 0 spiro atoms. The molecule has 6 nitrogen and oxygen atoms in total. The quantitative estimate of drug-likeness (QED) is 0.622. The molecule has 0 aliphatic carbocycles. The van der Waals surface area contributed by atoms with Gasteiger partial charge in [-0.1, -0.05) is 0 Å². The molecule has 1 unspecified atom stereocenters. The van der Waals surface area contributed by atoms with E-state index < -0.39 is 5.69 Å². The lowest BCUT2D eigenvalue weighted by Crippen LogP contribution is -2.33. The smallest absolute Gasteiger partial charge is 0.276 e. The third-order valence-electron chi connectivity index (χ3n) is 2.17. The fourth-order valence-corrected chi connectivity index (χ4v) is 1.39. The predicted molar refractivity (Wildman–Crippen MR) is 48.8 cm³/mol. The molecule has 1 fully saturated rings. The first-order valence-corrected chi connectivity index (χ1v) is 4.39. The molecule has 6 heteroatoms. The molecule has 0 amide bonds. The number of rotatable bonds is 1. The number of hydroxylamine groups is 1. The standard InChI is InChI=1S/C8H11N3O3/c1-5-4-11(6-2-3-9-14-6)8(13)10-7(5)12/h4,6,9H,2-3H2,1H3,(H,10,12,13).